The van der Waals surface area contributed by atoms with Crippen molar-refractivity contribution < 1.29 is 8.42 Å². The van der Waals surface area contributed by atoms with Gasteiger partial charge in [0.1, 0.15) is 4.90 Å². The second-order valence-corrected chi connectivity index (χ2v) is 7.15. The average Bonchev–Trinajstić information content (AvgIpc) is 2.88. The van der Waals surface area contributed by atoms with Crippen molar-refractivity contribution in [3.05, 3.63) is 28.8 Å². The lowest BCUT2D eigenvalue weighted by Crippen LogP contribution is -2.30. The molecule has 1 unspecified atom stereocenters. The van der Waals surface area contributed by atoms with Crippen molar-refractivity contribution >= 4 is 21.6 Å². The van der Waals surface area contributed by atoms with Gasteiger partial charge in [0.15, 0.2) is 0 Å². The van der Waals surface area contributed by atoms with Gasteiger partial charge in [-0.3, -0.25) is 0 Å². The zero-order valence-electron chi connectivity index (χ0n) is 11.1. The monoisotopic (exact) mass is 313 g/mol. The van der Waals surface area contributed by atoms with E-state index in [-0.39, 0.29) is 9.92 Å². The highest BCUT2D eigenvalue weighted by atomic mass is 35.5. The molecule has 0 aromatic heterocycles. The van der Waals surface area contributed by atoms with Crippen LogP contribution in [0.3, 0.4) is 0 Å². The van der Waals surface area contributed by atoms with Crippen LogP contribution in [0.2, 0.25) is 5.02 Å². The summed E-state index contributed by atoms with van der Waals surface area (Å²) in [6.45, 7) is 1.80. The van der Waals surface area contributed by atoms with Crippen LogP contribution in [0.5, 0.6) is 0 Å². The van der Waals surface area contributed by atoms with Crippen molar-refractivity contribution in [2.24, 2.45) is 5.92 Å². The van der Waals surface area contributed by atoms with Gasteiger partial charge >= 0.3 is 0 Å². The fraction of sp³-hybridized carbons (Fsp3) is 0.462. The third-order valence-electron chi connectivity index (χ3n) is 3.42. The molecule has 1 aromatic carbocycles. The molecule has 1 aromatic rings. The maximum Gasteiger partial charge on any atom is 0.244 e. The van der Waals surface area contributed by atoms with Gasteiger partial charge in [-0.1, -0.05) is 11.6 Å². The van der Waals surface area contributed by atoms with Crippen LogP contribution in [0.1, 0.15) is 12.0 Å². The molecule has 1 N–H and O–H groups in total. The number of nitrogens with one attached hydrogen (secondary N) is 1. The normalized spacial score (nSPS) is 19.9. The van der Waals surface area contributed by atoms with E-state index in [4.69, 9.17) is 16.9 Å². The number of sulfonamides is 1. The molecule has 7 heteroatoms. The number of nitrogens with zero attached hydrogens (tertiary/aromatic N) is 2. The summed E-state index contributed by atoms with van der Waals surface area (Å²) in [5.41, 5.74) is 0.350. The first-order chi connectivity index (χ1) is 9.48. The Hall–Kier alpha value is -1.13. The second-order valence-electron chi connectivity index (χ2n) is 4.83. The molecule has 108 valence electrons. The Morgan fingerprint density at radius 1 is 1.55 bits per heavy atom. The molecule has 0 bridgehead atoms. The van der Waals surface area contributed by atoms with E-state index in [9.17, 15) is 8.42 Å². The average molecular weight is 314 g/mol. The number of rotatable bonds is 4. The van der Waals surface area contributed by atoms with Crippen molar-refractivity contribution in [3.63, 3.8) is 0 Å². The van der Waals surface area contributed by atoms with Gasteiger partial charge in [-0.05, 0) is 44.1 Å². The minimum absolute atomic E-state index is 0.0725. The van der Waals surface area contributed by atoms with E-state index < -0.39 is 10.0 Å². The van der Waals surface area contributed by atoms with Crippen molar-refractivity contribution in [1.29, 1.82) is 5.26 Å². The third-order valence-corrected chi connectivity index (χ3v) is 5.77. The van der Waals surface area contributed by atoms with Crippen molar-refractivity contribution in [2.45, 2.75) is 11.3 Å². The molecule has 0 aliphatic carbocycles. The Bertz CT molecular complexity index is 640. The van der Waals surface area contributed by atoms with Crippen LogP contribution in [-0.2, 0) is 10.0 Å². The van der Waals surface area contributed by atoms with Crippen molar-refractivity contribution in [2.75, 3.05) is 26.7 Å². The summed E-state index contributed by atoms with van der Waals surface area (Å²) in [5.74, 6) is 0.326. The molecule has 1 aliphatic heterocycles. The quantitative estimate of drug-likeness (QED) is 0.913. The topological polar surface area (TPSA) is 73.2 Å². The molecule has 0 spiro atoms. The summed E-state index contributed by atoms with van der Waals surface area (Å²) in [4.78, 5) is 0.0725. The Morgan fingerprint density at radius 3 is 2.90 bits per heavy atom. The molecule has 1 fully saturated rings. The summed E-state index contributed by atoms with van der Waals surface area (Å²) in [6, 6.07) is 6.20. The highest BCUT2D eigenvalue weighted by Crippen LogP contribution is 2.29. The Morgan fingerprint density at radius 2 is 2.30 bits per heavy atom. The molecular formula is C13H16ClN3O2S. The first kappa shape index (κ1) is 15.3. The maximum absolute atomic E-state index is 12.5. The van der Waals surface area contributed by atoms with Gasteiger partial charge in [-0.15, -0.1) is 0 Å². The zero-order chi connectivity index (χ0) is 14.8. The van der Waals surface area contributed by atoms with E-state index in [2.05, 4.69) is 5.32 Å². The predicted molar refractivity (Wildman–Crippen MR) is 77.0 cm³/mol. The van der Waals surface area contributed by atoms with Crippen molar-refractivity contribution in [1.82, 2.24) is 9.62 Å². The number of halogens is 1. The van der Waals surface area contributed by atoms with Crippen LogP contribution in [0.4, 0.5) is 0 Å². The standard InChI is InChI=1S/C13H16ClN3O2S/c1-16-8-11-4-5-17(9-11)20(18,19)13-3-2-10(7-15)6-12(13)14/h2-3,6,11,16H,4-5,8-9H2,1H3. The minimum Gasteiger partial charge on any atom is -0.319 e. The number of hydrogen-bond donors (Lipinski definition) is 1. The van der Waals surface area contributed by atoms with Gasteiger partial charge in [0.25, 0.3) is 0 Å². The van der Waals surface area contributed by atoms with E-state index in [1.54, 1.807) is 0 Å². The molecule has 1 saturated heterocycles. The van der Waals surface area contributed by atoms with Gasteiger partial charge in [-0.25, -0.2) is 8.42 Å². The van der Waals surface area contributed by atoms with E-state index in [0.717, 1.165) is 13.0 Å². The Kier molecular flexibility index (Phi) is 4.66. The summed E-state index contributed by atoms with van der Waals surface area (Å²) < 4.78 is 26.5. The molecule has 5 nitrogen and oxygen atoms in total. The minimum atomic E-state index is -3.58. The largest absolute Gasteiger partial charge is 0.319 e. The van der Waals surface area contributed by atoms with Gasteiger partial charge < -0.3 is 5.32 Å². The first-order valence-electron chi connectivity index (χ1n) is 6.33. The number of hydrogen-bond acceptors (Lipinski definition) is 4. The summed E-state index contributed by atoms with van der Waals surface area (Å²) in [6.07, 6.45) is 0.841. The third kappa shape index (κ3) is 2.96. The molecular weight excluding hydrogens is 298 g/mol. The summed E-state index contributed by atoms with van der Waals surface area (Å²) in [7, 11) is -1.73. The highest BCUT2D eigenvalue weighted by Gasteiger charge is 2.33. The van der Waals surface area contributed by atoms with E-state index in [0.29, 0.717) is 24.6 Å². The van der Waals surface area contributed by atoms with E-state index in [1.165, 1.54) is 22.5 Å². The van der Waals surface area contributed by atoms with Crippen LogP contribution < -0.4 is 5.32 Å². The smallest absolute Gasteiger partial charge is 0.244 e. The van der Waals surface area contributed by atoms with Gasteiger partial charge in [0.2, 0.25) is 10.0 Å². The lowest BCUT2D eigenvalue weighted by molar-refractivity contribution is 0.451. The lowest BCUT2D eigenvalue weighted by Gasteiger charge is -2.17. The van der Waals surface area contributed by atoms with E-state index >= 15 is 0 Å². The maximum atomic E-state index is 12.5. The fourth-order valence-corrected chi connectivity index (χ4v) is 4.44. The number of benzene rings is 1. The molecule has 1 atom stereocenters. The van der Waals surface area contributed by atoms with E-state index in [1.807, 2.05) is 13.1 Å². The SMILES string of the molecule is CNCC1CCN(S(=O)(=O)c2ccc(C#N)cc2Cl)C1. The van der Waals surface area contributed by atoms with Gasteiger partial charge in [0, 0.05) is 13.1 Å². The van der Waals surface area contributed by atoms with Crippen LogP contribution >= 0.6 is 11.6 Å². The fourth-order valence-electron chi connectivity index (χ4n) is 2.39. The second kappa shape index (κ2) is 6.10. The van der Waals surface area contributed by atoms with Crippen LogP contribution in [-0.4, -0.2) is 39.4 Å². The molecule has 20 heavy (non-hydrogen) atoms. The summed E-state index contributed by atoms with van der Waals surface area (Å²) >= 11 is 6.00. The highest BCUT2D eigenvalue weighted by molar-refractivity contribution is 7.89. The molecule has 1 aliphatic rings. The lowest BCUT2D eigenvalue weighted by atomic mass is 10.1. The molecule has 2 rings (SSSR count). The number of nitriles is 1. The van der Waals surface area contributed by atoms with Crippen molar-refractivity contribution in [3.8, 4) is 6.07 Å². The molecule has 0 radical (unpaired) electrons. The Labute approximate surface area is 124 Å². The molecule has 0 saturated carbocycles. The zero-order valence-corrected chi connectivity index (χ0v) is 12.7. The van der Waals surface area contributed by atoms with Crippen LogP contribution in [0.15, 0.2) is 23.1 Å². The van der Waals surface area contributed by atoms with Crippen LogP contribution in [0.25, 0.3) is 0 Å². The van der Waals surface area contributed by atoms with Gasteiger partial charge in [0.05, 0.1) is 16.7 Å². The van der Waals surface area contributed by atoms with Gasteiger partial charge in [-0.2, -0.15) is 9.57 Å². The predicted octanol–water partition coefficient (Wildman–Crippen LogP) is 1.44. The molecule has 0 amide bonds. The first-order valence-corrected chi connectivity index (χ1v) is 8.15. The molecule has 1 heterocycles. The summed E-state index contributed by atoms with van der Waals surface area (Å²) in [5, 5.41) is 11.9. The Balaban J connectivity index is 2.26. The van der Waals surface area contributed by atoms with Crippen LogP contribution in [0, 0.1) is 17.2 Å².